The van der Waals surface area contributed by atoms with E-state index in [1.807, 2.05) is 0 Å². The Bertz CT molecular complexity index is 943. The van der Waals surface area contributed by atoms with E-state index in [0.717, 1.165) is 73.5 Å². The lowest BCUT2D eigenvalue weighted by atomic mass is 9.47. The van der Waals surface area contributed by atoms with Gasteiger partial charge >= 0.3 is 5.97 Å². The molecule has 40 heavy (non-hydrogen) atoms. The predicted molar refractivity (Wildman–Crippen MR) is 164 cm³/mol. The Balaban J connectivity index is 0.976. The van der Waals surface area contributed by atoms with Crippen LogP contribution in [0.5, 0.6) is 0 Å². The predicted octanol–water partition coefficient (Wildman–Crippen LogP) is 10.4. The summed E-state index contributed by atoms with van der Waals surface area (Å²) in [6.07, 6.45) is 31.0. The quantitative estimate of drug-likeness (QED) is 0.163. The van der Waals surface area contributed by atoms with Gasteiger partial charge < -0.3 is 4.74 Å². The number of rotatable bonds is 9. The summed E-state index contributed by atoms with van der Waals surface area (Å²) in [4.78, 5) is 13.7. The summed E-state index contributed by atoms with van der Waals surface area (Å²) in [5.41, 5.74) is 2.51. The molecule has 7 fully saturated rings. The molecular formula is C38H60O2. The number of esters is 1. The van der Waals surface area contributed by atoms with Gasteiger partial charge in [-0.05, 0) is 142 Å². The molecule has 8 rings (SSSR count). The van der Waals surface area contributed by atoms with Gasteiger partial charge in [-0.2, -0.15) is 0 Å². The van der Waals surface area contributed by atoms with E-state index in [4.69, 9.17) is 4.74 Å². The van der Waals surface area contributed by atoms with Crippen molar-refractivity contribution in [3.05, 3.63) is 11.6 Å². The fourth-order valence-corrected chi connectivity index (χ4v) is 13.1. The molecule has 0 radical (unpaired) electrons. The van der Waals surface area contributed by atoms with Crippen molar-refractivity contribution < 1.29 is 9.53 Å². The highest BCUT2D eigenvalue weighted by Gasteiger charge is 2.59. The molecule has 0 saturated heterocycles. The molecule has 0 spiro atoms. The van der Waals surface area contributed by atoms with Gasteiger partial charge in [-0.25, -0.2) is 0 Å². The van der Waals surface area contributed by atoms with Crippen LogP contribution >= 0.6 is 0 Å². The summed E-state index contributed by atoms with van der Waals surface area (Å²) in [7, 11) is 0. The number of fused-ring (bicyclic) bond motifs is 5. The first kappa shape index (κ1) is 28.0. The van der Waals surface area contributed by atoms with Crippen LogP contribution in [0.1, 0.15) is 156 Å². The standard InChI is InChI=1S/C38H60O2/c1-4-5-6-7-8-9-10-29-12-14-33-32-13-11-30-22-31(15-17-37(30,3)34(32)16-18-36(29,33)2)40-35(39)38-23-26-19-27(24-38)21-28(20-26)25-38/h11,26-29,31-34H,4-10,12-25H2,1-3H3/t26?,27?,28?,29-,31-,32+,33+,34+,36+,37-,38?/m0/s1. The lowest BCUT2D eigenvalue weighted by Crippen LogP contribution is -2.52. The molecule has 224 valence electrons. The van der Waals surface area contributed by atoms with Crippen molar-refractivity contribution in [2.45, 2.75) is 162 Å². The summed E-state index contributed by atoms with van der Waals surface area (Å²) in [6, 6.07) is 0. The summed E-state index contributed by atoms with van der Waals surface area (Å²) >= 11 is 0. The zero-order chi connectivity index (χ0) is 27.5. The van der Waals surface area contributed by atoms with Crippen LogP contribution in [0.4, 0.5) is 0 Å². The van der Waals surface area contributed by atoms with E-state index in [-0.39, 0.29) is 17.5 Å². The molecule has 0 aromatic carbocycles. The number of hydrogen-bond donors (Lipinski definition) is 0. The first-order chi connectivity index (χ1) is 19.3. The van der Waals surface area contributed by atoms with Gasteiger partial charge in [0, 0.05) is 6.42 Å². The number of unbranched alkanes of at least 4 members (excludes halogenated alkanes) is 5. The molecule has 0 aromatic rings. The molecule has 8 aliphatic rings. The van der Waals surface area contributed by atoms with E-state index in [2.05, 4.69) is 26.8 Å². The van der Waals surface area contributed by atoms with Gasteiger partial charge in [-0.1, -0.05) is 70.9 Å². The summed E-state index contributed by atoms with van der Waals surface area (Å²) < 4.78 is 6.49. The average Bonchev–Trinajstić information content (AvgIpc) is 3.26. The molecule has 0 aliphatic heterocycles. The molecule has 0 heterocycles. The number of hydrogen-bond acceptors (Lipinski definition) is 2. The van der Waals surface area contributed by atoms with Crippen LogP contribution in [-0.4, -0.2) is 12.1 Å². The van der Waals surface area contributed by atoms with Crippen molar-refractivity contribution in [2.75, 3.05) is 0 Å². The van der Waals surface area contributed by atoms with E-state index in [1.165, 1.54) is 103 Å². The third-order valence-electron chi connectivity index (χ3n) is 14.9. The van der Waals surface area contributed by atoms with Crippen LogP contribution in [0.25, 0.3) is 0 Å². The van der Waals surface area contributed by atoms with Gasteiger partial charge in [0.05, 0.1) is 5.41 Å². The van der Waals surface area contributed by atoms with E-state index >= 15 is 0 Å². The topological polar surface area (TPSA) is 26.3 Å². The van der Waals surface area contributed by atoms with Gasteiger partial charge in [0.1, 0.15) is 6.10 Å². The molecule has 0 amide bonds. The maximum absolute atomic E-state index is 13.7. The van der Waals surface area contributed by atoms with Crippen molar-refractivity contribution in [3.63, 3.8) is 0 Å². The second-order valence-corrected chi connectivity index (χ2v) is 17.1. The van der Waals surface area contributed by atoms with Crippen molar-refractivity contribution in [2.24, 2.45) is 57.7 Å². The Labute approximate surface area is 246 Å². The number of carbonyl (C=O) groups is 1. The van der Waals surface area contributed by atoms with Crippen molar-refractivity contribution in [1.82, 2.24) is 0 Å². The van der Waals surface area contributed by atoms with E-state index < -0.39 is 0 Å². The molecule has 0 unspecified atom stereocenters. The maximum atomic E-state index is 13.7. The molecule has 2 heteroatoms. The van der Waals surface area contributed by atoms with E-state index in [1.54, 1.807) is 5.57 Å². The van der Waals surface area contributed by atoms with Crippen LogP contribution in [-0.2, 0) is 9.53 Å². The largest absolute Gasteiger partial charge is 0.462 e. The second-order valence-electron chi connectivity index (χ2n) is 17.1. The molecule has 4 bridgehead atoms. The monoisotopic (exact) mass is 548 g/mol. The fraction of sp³-hybridized carbons (Fsp3) is 0.921. The minimum atomic E-state index is -0.107. The summed E-state index contributed by atoms with van der Waals surface area (Å²) in [5, 5.41) is 0. The zero-order valence-corrected chi connectivity index (χ0v) is 26.4. The van der Waals surface area contributed by atoms with Crippen molar-refractivity contribution in [1.29, 1.82) is 0 Å². The van der Waals surface area contributed by atoms with Crippen LogP contribution in [0.3, 0.4) is 0 Å². The molecule has 8 aliphatic carbocycles. The fourth-order valence-electron chi connectivity index (χ4n) is 13.1. The van der Waals surface area contributed by atoms with Gasteiger partial charge in [-0.3, -0.25) is 4.79 Å². The molecule has 7 saturated carbocycles. The first-order valence-corrected chi connectivity index (χ1v) is 18.2. The lowest BCUT2D eigenvalue weighted by molar-refractivity contribution is -0.179. The van der Waals surface area contributed by atoms with Crippen molar-refractivity contribution in [3.8, 4) is 0 Å². The Hall–Kier alpha value is -0.790. The van der Waals surface area contributed by atoms with Crippen LogP contribution < -0.4 is 0 Å². The minimum Gasteiger partial charge on any atom is -0.462 e. The Morgan fingerprint density at radius 1 is 0.850 bits per heavy atom. The van der Waals surface area contributed by atoms with Crippen LogP contribution in [0, 0.1) is 57.7 Å². The Morgan fingerprint density at radius 3 is 2.27 bits per heavy atom. The number of ether oxygens (including phenoxy) is 1. The van der Waals surface area contributed by atoms with Gasteiger partial charge in [0.2, 0.25) is 0 Å². The van der Waals surface area contributed by atoms with Crippen LogP contribution in [0.2, 0.25) is 0 Å². The van der Waals surface area contributed by atoms with Crippen LogP contribution in [0.15, 0.2) is 11.6 Å². The lowest BCUT2D eigenvalue weighted by Gasteiger charge is -2.58. The third kappa shape index (κ3) is 4.67. The minimum absolute atomic E-state index is 0.107. The average molecular weight is 549 g/mol. The van der Waals surface area contributed by atoms with Gasteiger partial charge in [0.25, 0.3) is 0 Å². The molecular weight excluding hydrogens is 488 g/mol. The number of carbonyl (C=O) groups excluding carboxylic acids is 1. The smallest absolute Gasteiger partial charge is 0.312 e. The SMILES string of the molecule is CCCCCCCC[C@H]1CC[C@@H]2[C@H]3CC=C4C[C@@H](OC(=O)C56CC7CC(CC(C7)C5)C6)CC[C@]4(C)[C@@H]3CC[C@]12C. The van der Waals surface area contributed by atoms with Gasteiger partial charge in [-0.15, -0.1) is 0 Å². The maximum Gasteiger partial charge on any atom is 0.312 e. The highest BCUT2D eigenvalue weighted by atomic mass is 16.5. The van der Waals surface area contributed by atoms with E-state index in [0.29, 0.717) is 10.8 Å². The molecule has 0 aromatic heterocycles. The second kappa shape index (κ2) is 10.7. The van der Waals surface area contributed by atoms with Crippen molar-refractivity contribution >= 4 is 5.97 Å². The summed E-state index contributed by atoms with van der Waals surface area (Å²) in [6.45, 7) is 7.66. The van der Waals surface area contributed by atoms with Gasteiger partial charge in [0.15, 0.2) is 0 Å². The number of allylic oxidation sites excluding steroid dienone is 1. The van der Waals surface area contributed by atoms with E-state index in [9.17, 15) is 4.79 Å². The molecule has 2 nitrogen and oxygen atoms in total. The Kier molecular flexibility index (Phi) is 7.51. The summed E-state index contributed by atoms with van der Waals surface area (Å²) in [5.74, 6) is 6.31. The first-order valence-electron chi connectivity index (χ1n) is 18.2. The molecule has 0 N–H and O–H groups in total. The highest BCUT2D eigenvalue weighted by Crippen LogP contribution is 2.67. The highest BCUT2D eigenvalue weighted by molar-refractivity contribution is 5.77. The zero-order valence-electron chi connectivity index (χ0n) is 26.4. The third-order valence-corrected chi connectivity index (χ3v) is 14.9. The molecule has 7 atom stereocenters. The normalized spacial score (nSPS) is 48.7. The Morgan fingerprint density at radius 2 is 1.55 bits per heavy atom.